The maximum atomic E-state index is 5.08. The van der Waals surface area contributed by atoms with Gasteiger partial charge in [-0.2, -0.15) is 0 Å². The maximum absolute atomic E-state index is 5.08. The molecule has 0 fully saturated rings. The van der Waals surface area contributed by atoms with Crippen LogP contribution in [0.3, 0.4) is 0 Å². The minimum absolute atomic E-state index is 0.965. The van der Waals surface area contributed by atoms with Crippen LogP contribution in [0.25, 0.3) is 111 Å². The summed E-state index contributed by atoms with van der Waals surface area (Å²) in [5, 5.41) is 5.00. The van der Waals surface area contributed by atoms with E-state index < -0.39 is 0 Å². The Morgan fingerprint density at radius 2 is 0.629 bits per heavy atom. The fourth-order valence-corrected chi connectivity index (χ4v) is 9.30. The number of aromatic nitrogens is 3. The molecular formula is C59H39N3. The Bertz CT molecular complexity index is 3520. The molecule has 0 atom stereocenters. The summed E-state index contributed by atoms with van der Waals surface area (Å²) in [5.74, 6) is 0. The van der Waals surface area contributed by atoms with E-state index in [-0.39, 0.29) is 0 Å². The van der Waals surface area contributed by atoms with E-state index in [1.165, 1.54) is 65.9 Å². The van der Waals surface area contributed by atoms with Crippen LogP contribution in [0, 0.1) is 0 Å². The molecule has 0 aliphatic carbocycles. The van der Waals surface area contributed by atoms with E-state index >= 15 is 0 Å². The molecule has 3 nitrogen and oxygen atoms in total. The van der Waals surface area contributed by atoms with Crippen molar-refractivity contribution in [2.24, 2.45) is 0 Å². The maximum Gasteiger partial charge on any atom is 0.0715 e. The predicted octanol–water partition coefficient (Wildman–Crippen LogP) is 15.6. The van der Waals surface area contributed by atoms with Crippen molar-refractivity contribution in [3.8, 4) is 67.3 Å². The predicted molar refractivity (Wildman–Crippen MR) is 260 cm³/mol. The minimum atomic E-state index is 0.965. The SMILES string of the molecule is c1ccc(-c2cc(-c3ccc(-c4ccc(-n5c6ccccc6c6cc(-c7ccc8c9ccccc9n(-c9ccccc9)c8c7)ccc65)cc4)cc3)cc(-c3ccccc3)n2)cc1. The number of para-hydroxylation sites is 3. The Labute approximate surface area is 360 Å². The highest BCUT2D eigenvalue weighted by Gasteiger charge is 2.17. The van der Waals surface area contributed by atoms with Crippen molar-refractivity contribution in [2.45, 2.75) is 0 Å². The van der Waals surface area contributed by atoms with Crippen LogP contribution in [0.5, 0.6) is 0 Å². The number of benzene rings is 9. The molecule has 0 aliphatic rings. The van der Waals surface area contributed by atoms with Crippen molar-refractivity contribution in [1.82, 2.24) is 14.1 Å². The van der Waals surface area contributed by atoms with Crippen LogP contribution in [0.2, 0.25) is 0 Å². The molecule has 12 aromatic rings. The van der Waals surface area contributed by atoms with Crippen LogP contribution >= 0.6 is 0 Å². The van der Waals surface area contributed by atoms with Gasteiger partial charge in [0.25, 0.3) is 0 Å². The van der Waals surface area contributed by atoms with E-state index in [1.54, 1.807) is 0 Å². The van der Waals surface area contributed by atoms with Gasteiger partial charge in [-0.1, -0.05) is 170 Å². The van der Waals surface area contributed by atoms with Crippen LogP contribution in [-0.4, -0.2) is 14.1 Å². The number of pyridine rings is 1. The summed E-state index contributed by atoms with van der Waals surface area (Å²) in [6.45, 7) is 0. The molecule has 62 heavy (non-hydrogen) atoms. The topological polar surface area (TPSA) is 22.8 Å². The quantitative estimate of drug-likeness (QED) is 0.158. The van der Waals surface area contributed by atoms with Gasteiger partial charge in [0.1, 0.15) is 0 Å². The molecule has 290 valence electrons. The summed E-state index contributed by atoms with van der Waals surface area (Å²) in [6, 6.07) is 85.2. The summed E-state index contributed by atoms with van der Waals surface area (Å²) in [5.41, 5.74) is 18.3. The van der Waals surface area contributed by atoms with E-state index in [4.69, 9.17) is 4.98 Å². The van der Waals surface area contributed by atoms with Crippen LogP contribution < -0.4 is 0 Å². The largest absolute Gasteiger partial charge is 0.309 e. The summed E-state index contributed by atoms with van der Waals surface area (Å²) in [6.07, 6.45) is 0. The monoisotopic (exact) mass is 789 g/mol. The highest BCUT2D eigenvalue weighted by molar-refractivity contribution is 6.12. The van der Waals surface area contributed by atoms with Gasteiger partial charge in [-0.05, 0) is 100 Å². The Kier molecular flexibility index (Phi) is 8.50. The van der Waals surface area contributed by atoms with E-state index in [0.29, 0.717) is 0 Å². The minimum Gasteiger partial charge on any atom is -0.309 e. The summed E-state index contributed by atoms with van der Waals surface area (Å²) >= 11 is 0. The van der Waals surface area contributed by atoms with E-state index in [9.17, 15) is 0 Å². The normalized spacial score (nSPS) is 11.5. The van der Waals surface area contributed by atoms with E-state index in [2.05, 4.69) is 234 Å². The first-order chi connectivity index (χ1) is 30.7. The molecule has 0 saturated carbocycles. The van der Waals surface area contributed by atoms with Crippen molar-refractivity contribution in [1.29, 1.82) is 0 Å². The van der Waals surface area contributed by atoms with Crippen molar-refractivity contribution in [3.63, 3.8) is 0 Å². The highest BCUT2D eigenvalue weighted by atomic mass is 15.0. The van der Waals surface area contributed by atoms with Crippen LogP contribution in [-0.2, 0) is 0 Å². The van der Waals surface area contributed by atoms with Gasteiger partial charge in [0, 0.05) is 44.0 Å². The molecule has 3 heterocycles. The molecule has 0 spiro atoms. The standard InChI is InChI=1S/C59H39N3/c1-4-14-43(15-5-1)54-37-47(38-55(60-54)44-16-6-2-7-17-44)42-26-24-40(25-27-42)41-28-32-49(33-29-41)61-57-23-13-11-21-51(57)53-36-45(31-35-58(53)61)46-30-34-52-50-20-10-12-22-56(50)62(59(52)39-46)48-18-8-3-9-19-48/h1-39H. The van der Waals surface area contributed by atoms with Gasteiger partial charge in [-0.25, -0.2) is 4.98 Å². The van der Waals surface area contributed by atoms with E-state index in [1.807, 2.05) is 12.1 Å². The second-order valence-electron chi connectivity index (χ2n) is 16.0. The van der Waals surface area contributed by atoms with Crippen LogP contribution in [0.15, 0.2) is 237 Å². The Morgan fingerprint density at radius 1 is 0.226 bits per heavy atom. The van der Waals surface area contributed by atoms with Gasteiger partial charge in [0.15, 0.2) is 0 Å². The van der Waals surface area contributed by atoms with Gasteiger partial charge in [0.05, 0.1) is 33.5 Å². The van der Waals surface area contributed by atoms with Gasteiger partial charge >= 0.3 is 0 Å². The molecule has 0 bridgehead atoms. The first-order valence-electron chi connectivity index (χ1n) is 21.2. The Hall–Kier alpha value is -8.27. The van der Waals surface area contributed by atoms with Crippen molar-refractivity contribution in [3.05, 3.63) is 237 Å². The summed E-state index contributed by atoms with van der Waals surface area (Å²) < 4.78 is 4.79. The third-order valence-electron chi connectivity index (χ3n) is 12.3. The van der Waals surface area contributed by atoms with Crippen molar-refractivity contribution < 1.29 is 0 Å². The number of rotatable bonds is 7. The lowest BCUT2D eigenvalue weighted by Crippen LogP contribution is -1.94. The Morgan fingerprint density at radius 3 is 1.24 bits per heavy atom. The first-order valence-corrected chi connectivity index (χ1v) is 21.2. The average molecular weight is 790 g/mol. The molecule has 0 N–H and O–H groups in total. The lowest BCUT2D eigenvalue weighted by atomic mass is 9.97. The zero-order valence-electron chi connectivity index (χ0n) is 33.9. The van der Waals surface area contributed by atoms with E-state index in [0.717, 1.165) is 45.0 Å². The lowest BCUT2D eigenvalue weighted by molar-refractivity contribution is 1.18. The number of hydrogen-bond donors (Lipinski definition) is 0. The average Bonchev–Trinajstić information content (AvgIpc) is 3.87. The molecule has 0 unspecified atom stereocenters. The fraction of sp³-hybridized carbons (Fsp3) is 0. The second kappa shape index (κ2) is 14.8. The summed E-state index contributed by atoms with van der Waals surface area (Å²) in [4.78, 5) is 5.08. The summed E-state index contributed by atoms with van der Waals surface area (Å²) in [7, 11) is 0. The molecule has 3 aromatic heterocycles. The number of hydrogen-bond acceptors (Lipinski definition) is 1. The molecular weight excluding hydrogens is 751 g/mol. The van der Waals surface area contributed by atoms with Gasteiger partial charge < -0.3 is 9.13 Å². The fourth-order valence-electron chi connectivity index (χ4n) is 9.30. The van der Waals surface area contributed by atoms with Crippen LogP contribution in [0.1, 0.15) is 0 Å². The molecule has 0 radical (unpaired) electrons. The number of fused-ring (bicyclic) bond motifs is 6. The van der Waals surface area contributed by atoms with Gasteiger partial charge in [-0.15, -0.1) is 0 Å². The van der Waals surface area contributed by atoms with Crippen molar-refractivity contribution in [2.75, 3.05) is 0 Å². The van der Waals surface area contributed by atoms with Crippen LogP contribution in [0.4, 0.5) is 0 Å². The first kappa shape index (κ1) is 35.7. The Balaban J connectivity index is 0.889. The highest BCUT2D eigenvalue weighted by Crippen LogP contribution is 2.39. The smallest absolute Gasteiger partial charge is 0.0715 e. The molecule has 9 aromatic carbocycles. The van der Waals surface area contributed by atoms with Crippen molar-refractivity contribution >= 4 is 43.6 Å². The molecule has 0 aliphatic heterocycles. The third kappa shape index (κ3) is 6.10. The zero-order valence-corrected chi connectivity index (χ0v) is 33.9. The third-order valence-corrected chi connectivity index (χ3v) is 12.3. The second-order valence-corrected chi connectivity index (χ2v) is 16.0. The molecule has 3 heteroatoms. The van der Waals surface area contributed by atoms with Gasteiger partial charge in [0.2, 0.25) is 0 Å². The lowest BCUT2D eigenvalue weighted by Gasteiger charge is -2.12. The molecule has 0 saturated heterocycles. The zero-order chi connectivity index (χ0) is 41.0. The van der Waals surface area contributed by atoms with Gasteiger partial charge in [-0.3, -0.25) is 0 Å². The molecule has 12 rings (SSSR count). The molecule has 0 amide bonds. The number of nitrogens with zero attached hydrogens (tertiary/aromatic N) is 3.